The molecule has 1 aromatic heterocycles. The van der Waals surface area contributed by atoms with Crippen LogP contribution in [0.2, 0.25) is 5.02 Å². The third-order valence-electron chi connectivity index (χ3n) is 7.29. The van der Waals surface area contributed by atoms with Gasteiger partial charge in [-0.15, -0.1) is 0 Å². The third kappa shape index (κ3) is 4.81. The number of fused-ring (bicyclic) bond motifs is 2. The van der Waals surface area contributed by atoms with E-state index in [-0.39, 0.29) is 35.2 Å². The summed E-state index contributed by atoms with van der Waals surface area (Å²) in [4.78, 5) is 42.5. The molecule has 0 spiro atoms. The number of nitrogens with one attached hydrogen (secondary N) is 1. The monoisotopic (exact) mass is 525 g/mol. The molecule has 8 nitrogen and oxygen atoms in total. The smallest absolute Gasteiger partial charge is 0.323 e. The van der Waals surface area contributed by atoms with E-state index >= 15 is 0 Å². The van der Waals surface area contributed by atoms with E-state index in [0.29, 0.717) is 29.6 Å². The number of nitrogens with zero attached hydrogens (tertiary/aromatic N) is 3. The van der Waals surface area contributed by atoms with Gasteiger partial charge in [0.15, 0.2) is 0 Å². The highest BCUT2D eigenvalue weighted by molar-refractivity contribution is 6.30. The van der Waals surface area contributed by atoms with Crippen LogP contribution in [0.4, 0.5) is 9.18 Å². The molecule has 0 bridgehead atoms. The molecule has 1 aliphatic heterocycles. The largest absolute Gasteiger partial charge is 0.351 e. The van der Waals surface area contributed by atoms with Gasteiger partial charge in [-0.1, -0.05) is 41.9 Å². The summed E-state index contributed by atoms with van der Waals surface area (Å²) in [5.74, 6) is -0.784. The topological polar surface area (TPSA) is 101 Å². The first-order valence-corrected chi connectivity index (χ1v) is 12.6. The Labute approximate surface area is 219 Å². The number of aromatic nitrogens is 1. The zero-order valence-corrected chi connectivity index (χ0v) is 21.4. The quantitative estimate of drug-likeness (QED) is 0.494. The fraction of sp³-hybridized carbons (Fsp3) is 0.370. The highest BCUT2D eigenvalue weighted by Crippen LogP contribution is 2.48. The fourth-order valence-corrected chi connectivity index (χ4v) is 5.70. The van der Waals surface area contributed by atoms with E-state index in [1.165, 1.54) is 10.6 Å². The fourth-order valence-electron chi connectivity index (χ4n) is 5.52. The van der Waals surface area contributed by atoms with Gasteiger partial charge in [-0.05, 0) is 50.6 Å². The Hall–Kier alpha value is -3.43. The molecule has 2 fully saturated rings. The maximum atomic E-state index is 14.8. The van der Waals surface area contributed by atoms with Gasteiger partial charge in [-0.2, -0.15) is 0 Å². The molecule has 194 valence electrons. The summed E-state index contributed by atoms with van der Waals surface area (Å²) in [5, 5.41) is 3.73. The first-order valence-electron chi connectivity index (χ1n) is 12.2. The molecule has 1 saturated carbocycles. The first-order chi connectivity index (χ1) is 17.7. The number of hydrogen-bond donors (Lipinski definition) is 2. The summed E-state index contributed by atoms with van der Waals surface area (Å²) in [7, 11) is 3.68. The number of rotatable bonds is 7. The lowest BCUT2D eigenvalue weighted by Gasteiger charge is -2.30. The molecular weight excluding hydrogens is 497 g/mol. The Bertz CT molecular complexity index is 1390. The molecule has 1 aliphatic carbocycles. The van der Waals surface area contributed by atoms with Gasteiger partial charge in [-0.3, -0.25) is 14.2 Å². The van der Waals surface area contributed by atoms with Crippen molar-refractivity contribution in [1.82, 2.24) is 19.7 Å². The number of hydrogen-bond acceptors (Lipinski definition) is 4. The molecule has 2 heterocycles. The van der Waals surface area contributed by atoms with Crippen LogP contribution in [0.5, 0.6) is 0 Å². The van der Waals surface area contributed by atoms with Crippen molar-refractivity contribution >= 4 is 40.3 Å². The van der Waals surface area contributed by atoms with Crippen molar-refractivity contribution in [3.8, 4) is 0 Å². The number of benzene rings is 2. The molecule has 1 saturated heterocycles. The van der Waals surface area contributed by atoms with E-state index in [1.54, 1.807) is 35.4 Å². The van der Waals surface area contributed by atoms with Gasteiger partial charge < -0.3 is 20.9 Å². The number of amides is 3. The summed E-state index contributed by atoms with van der Waals surface area (Å²) in [6.45, 7) is 0.364. The molecule has 5 rings (SSSR count). The van der Waals surface area contributed by atoms with Crippen LogP contribution in [0.15, 0.2) is 48.7 Å². The van der Waals surface area contributed by atoms with Crippen LogP contribution in [0, 0.1) is 11.7 Å². The highest BCUT2D eigenvalue weighted by Gasteiger charge is 2.56. The van der Waals surface area contributed by atoms with Crippen molar-refractivity contribution in [2.45, 2.75) is 37.4 Å². The van der Waals surface area contributed by atoms with Crippen molar-refractivity contribution in [3.05, 3.63) is 70.6 Å². The Kier molecular flexibility index (Phi) is 6.68. The number of carbonyl (C=O) groups excluding carboxylic acids is 3. The molecule has 37 heavy (non-hydrogen) atoms. The number of primary amides is 1. The molecule has 2 aliphatic rings. The van der Waals surface area contributed by atoms with Gasteiger partial charge >= 0.3 is 6.03 Å². The van der Waals surface area contributed by atoms with Crippen LogP contribution in [-0.4, -0.2) is 64.9 Å². The van der Waals surface area contributed by atoms with Crippen LogP contribution < -0.4 is 11.1 Å². The van der Waals surface area contributed by atoms with Gasteiger partial charge in [0.1, 0.15) is 11.9 Å². The number of halogens is 2. The van der Waals surface area contributed by atoms with Crippen molar-refractivity contribution in [1.29, 1.82) is 0 Å². The zero-order valence-electron chi connectivity index (χ0n) is 20.7. The number of carbonyl (C=O) groups is 3. The standard InChI is InChI=1S/C27H29ClFN5O3/c1-32(2)14-20(18-7-5-8-19(28)25(18)29)31-26(36)23-11-15-10-22(15)34(23)24(35)12-16-13-33(27(30)37)21-9-4-3-6-17(16)21/h3-9,13,15,20,22-23H,10-12,14H2,1-2H3,(H2,30,37)(H,31,36)/t15-,20-,22-,23+/m1/s1. The Morgan fingerprint density at radius 2 is 1.92 bits per heavy atom. The minimum Gasteiger partial charge on any atom is -0.351 e. The van der Waals surface area contributed by atoms with E-state index in [1.807, 2.05) is 31.1 Å². The normalized spacial score (nSPS) is 21.2. The average molecular weight is 526 g/mol. The SMILES string of the molecule is CN(C)C[C@@H](NC(=O)[C@@H]1C[C@H]2C[C@H]2N1C(=O)Cc1cn(C(N)=O)c2ccccc12)c1cccc(Cl)c1F. The number of piperidine rings is 1. The summed E-state index contributed by atoms with van der Waals surface area (Å²) < 4.78 is 16.2. The third-order valence-corrected chi connectivity index (χ3v) is 7.58. The molecule has 0 radical (unpaired) electrons. The van der Waals surface area contributed by atoms with Crippen molar-refractivity contribution in [2.75, 3.05) is 20.6 Å². The van der Waals surface area contributed by atoms with Gasteiger partial charge in [0.05, 0.1) is 23.0 Å². The molecule has 10 heteroatoms. The number of likely N-dealkylation sites (tertiary alicyclic amines) is 1. The van der Waals surface area contributed by atoms with E-state index in [2.05, 4.69) is 5.32 Å². The number of likely N-dealkylation sites (N-methyl/N-ethyl adjacent to an activating group) is 1. The zero-order chi connectivity index (χ0) is 26.4. The van der Waals surface area contributed by atoms with E-state index in [4.69, 9.17) is 17.3 Å². The van der Waals surface area contributed by atoms with Gasteiger partial charge in [0.2, 0.25) is 11.8 Å². The maximum absolute atomic E-state index is 14.8. The maximum Gasteiger partial charge on any atom is 0.323 e. The molecular formula is C27H29ClFN5O3. The van der Waals surface area contributed by atoms with Crippen LogP contribution >= 0.6 is 11.6 Å². The summed E-state index contributed by atoms with van der Waals surface area (Å²) in [6, 6.07) is 10.1. The first kappa shape index (κ1) is 25.2. The highest BCUT2D eigenvalue weighted by atomic mass is 35.5. The predicted octanol–water partition coefficient (Wildman–Crippen LogP) is 3.31. The van der Waals surface area contributed by atoms with E-state index < -0.39 is 23.9 Å². The summed E-state index contributed by atoms with van der Waals surface area (Å²) >= 11 is 6.00. The lowest BCUT2D eigenvalue weighted by molar-refractivity contribution is -0.139. The molecule has 3 amide bonds. The lowest BCUT2D eigenvalue weighted by Crippen LogP contribution is -2.50. The van der Waals surface area contributed by atoms with E-state index in [0.717, 1.165) is 11.8 Å². The molecule has 2 aromatic carbocycles. The molecule has 0 unspecified atom stereocenters. The summed E-state index contributed by atoms with van der Waals surface area (Å²) in [6.07, 6.45) is 3.06. The second kappa shape index (κ2) is 9.79. The minimum atomic E-state index is -0.646. The predicted molar refractivity (Wildman–Crippen MR) is 139 cm³/mol. The van der Waals surface area contributed by atoms with Gasteiger partial charge in [0.25, 0.3) is 0 Å². The second-order valence-corrected chi connectivity index (χ2v) is 10.5. The number of nitrogens with two attached hydrogens (primary N) is 1. The second-order valence-electron chi connectivity index (χ2n) is 10.1. The Morgan fingerprint density at radius 3 is 2.65 bits per heavy atom. The summed E-state index contributed by atoms with van der Waals surface area (Å²) in [5.41, 5.74) is 7.13. The molecule has 3 N–H and O–H groups in total. The molecule has 3 aromatic rings. The van der Waals surface area contributed by atoms with Crippen molar-refractivity contribution < 1.29 is 18.8 Å². The van der Waals surface area contributed by atoms with E-state index in [9.17, 15) is 18.8 Å². The van der Waals surface area contributed by atoms with Crippen molar-refractivity contribution in [2.24, 2.45) is 11.7 Å². The average Bonchev–Trinajstić information content (AvgIpc) is 3.35. The van der Waals surface area contributed by atoms with Crippen LogP contribution in [0.1, 0.15) is 30.0 Å². The van der Waals surface area contributed by atoms with Crippen LogP contribution in [-0.2, 0) is 16.0 Å². The van der Waals surface area contributed by atoms with Crippen molar-refractivity contribution in [3.63, 3.8) is 0 Å². The lowest BCUT2D eigenvalue weighted by atomic mass is 10.0. The minimum absolute atomic E-state index is 0.00968. The van der Waals surface area contributed by atoms with Crippen LogP contribution in [0.25, 0.3) is 10.9 Å². The van der Waals surface area contributed by atoms with Crippen LogP contribution in [0.3, 0.4) is 0 Å². The molecule has 4 atom stereocenters. The van der Waals surface area contributed by atoms with Gasteiger partial charge in [0, 0.05) is 29.7 Å². The van der Waals surface area contributed by atoms with Gasteiger partial charge in [-0.25, -0.2) is 9.18 Å². The number of para-hydroxylation sites is 1. The Balaban J connectivity index is 1.37. The Morgan fingerprint density at radius 1 is 1.16 bits per heavy atom.